The molecule has 0 atom stereocenters. The first-order valence-electron chi connectivity index (χ1n) is 22.0. The van der Waals surface area contributed by atoms with Crippen molar-refractivity contribution < 1.29 is 9.47 Å². The van der Waals surface area contributed by atoms with Crippen molar-refractivity contribution in [2.24, 2.45) is 0 Å². The van der Waals surface area contributed by atoms with Crippen molar-refractivity contribution in [1.29, 1.82) is 0 Å². The fourth-order valence-corrected chi connectivity index (χ4v) is 10.2. The molecule has 0 bridgehead atoms. The van der Waals surface area contributed by atoms with E-state index in [0.29, 0.717) is 13.2 Å². The molecule has 3 nitrogen and oxygen atoms in total. The van der Waals surface area contributed by atoms with Gasteiger partial charge >= 0.3 is 0 Å². The van der Waals surface area contributed by atoms with Crippen molar-refractivity contribution in [3.05, 3.63) is 62.8 Å². The Labute approximate surface area is 352 Å². The van der Waals surface area contributed by atoms with Gasteiger partial charge < -0.3 is 14.4 Å². The SMILES string of the molecule is CCCCCCCCCCCCOc1cc2c(cc1OCCCCCCCCCCCC)-c1sc(Cl)cc1N(c1ccc(CCCC)cc1)c1cc(Cl)sc1-2. The number of ether oxygens (including phenoxy) is 2. The first-order valence-corrected chi connectivity index (χ1v) is 24.3. The number of fused-ring (bicyclic) bond motifs is 5. The molecule has 4 aromatic rings. The minimum absolute atomic E-state index is 0.689. The lowest BCUT2D eigenvalue weighted by molar-refractivity contribution is 0.258. The van der Waals surface area contributed by atoms with Crippen LogP contribution in [0.4, 0.5) is 17.1 Å². The first kappa shape index (κ1) is 43.9. The monoisotopic (exact) mass is 823 g/mol. The van der Waals surface area contributed by atoms with Gasteiger partial charge in [0, 0.05) is 16.8 Å². The second-order valence-electron chi connectivity index (χ2n) is 15.5. The molecule has 0 spiro atoms. The highest BCUT2D eigenvalue weighted by Gasteiger charge is 2.31. The average Bonchev–Trinajstić information content (AvgIpc) is 3.75. The number of aryl methyl sites for hydroxylation is 1. The number of benzene rings is 2. The molecule has 7 heteroatoms. The Hall–Kier alpha value is -2.18. The molecule has 5 rings (SSSR count). The molecule has 1 aliphatic heterocycles. The molecule has 0 amide bonds. The molecule has 2 aromatic heterocycles. The van der Waals surface area contributed by atoms with E-state index in [4.69, 9.17) is 32.7 Å². The molecular formula is C48H67Cl2NO2S2. The lowest BCUT2D eigenvalue weighted by atomic mass is 10.0. The Balaban J connectivity index is 1.33. The summed E-state index contributed by atoms with van der Waals surface area (Å²) in [5.41, 5.74) is 6.87. The van der Waals surface area contributed by atoms with E-state index in [2.05, 4.69) is 74.2 Å². The Kier molecular flexibility index (Phi) is 19.6. The zero-order valence-electron chi connectivity index (χ0n) is 34.1. The van der Waals surface area contributed by atoms with Crippen LogP contribution >= 0.6 is 45.9 Å². The number of unbranched alkanes of at least 4 members (excludes halogenated alkanes) is 19. The van der Waals surface area contributed by atoms with Gasteiger partial charge in [-0.1, -0.05) is 178 Å². The summed E-state index contributed by atoms with van der Waals surface area (Å²) in [7, 11) is 0. The number of hydrogen-bond acceptors (Lipinski definition) is 5. The van der Waals surface area contributed by atoms with Gasteiger partial charge in [0.1, 0.15) is 0 Å². The Bertz CT molecular complexity index is 1580. The number of anilines is 3. The van der Waals surface area contributed by atoms with Crippen LogP contribution in [-0.2, 0) is 6.42 Å². The maximum atomic E-state index is 6.87. The summed E-state index contributed by atoms with van der Waals surface area (Å²) in [5, 5.41) is 0. The van der Waals surface area contributed by atoms with Crippen LogP contribution in [-0.4, -0.2) is 13.2 Å². The normalized spacial score (nSPS) is 12.1. The van der Waals surface area contributed by atoms with E-state index in [1.165, 1.54) is 134 Å². The van der Waals surface area contributed by atoms with Gasteiger partial charge in [0.05, 0.1) is 43.0 Å². The Morgan fingerprint density at radius 3 is 1.25 bits per heavy atom. The molecule has 0 N–H and O–H groups in total. The molecule has 55 heavy (non-hydrogen) atoms. The van der Waals surface area contributed by atoms with E-state index in [1.807, 2.05) is 0 Å². The highest BCUT2D eigenvalue weighted by Crippen LogP contribution is 2.58. The standard InChI is InChI=1S/C48H67Cl2NO2S2/c1-4-7-10-12-14-16-18-20-22-24-31-52-43-33-39-40(34-44(43)53-32-25-23-21-19-17-15-13-11-8-5-2)48-42(36-46(50)55-48)51(41-35-45(49)54-47(39)41)38-29-27-37(28-30-38)26-9-6-3/h27-30,33-36H,4-26,31-32H2,1-3H3. The van der Waals surface area contributed by atoms with E-state index in [0.717, 1.165) is 77.4 Å². The number of nitrogens with zero attached hydrogens (tertiary/aromatic N) is 1. The second-order valence-corrected chi connectivity index (χ2v) is 18.9. The predicted molar refractivity (Wildman–Crippen MR) is 245 cm³/mol. The van der Waals surface area contributed by atoms with Crippen LogP contribution < -0.4 is 14.4 Å². The van der Waals surface area contributed by atoms with Crippen LogP contribution in [0.5, 0.6) is 11.5 Å². The van der Waals surface area contributed by atoms with Crippen LogP contribution in [0.1, 0.15) is 168 Å². The third-order valence-corrected chi connectivity index (χ3v) is 13.5. The minimum Gasteiger partial charge on any atom is -0.490 e. The van der Waals surface area contributed by atoms with Gasteiger partial charge in [-0.2, -0.15) is 0 Å². The topological polar surface area (TPSA) is 21.7 Å². The van der Waals surface area contributed by atoms with Crippen molar-refractivity contribution >= 4 is 62.9 Å². The smallest absolute Gasteiger partial charge is 0.161 e. The summed E-state index contributed by atoms with van der Waals surface area (Å²) in [4.78, 5) is 4.62. The highest BCUT2D eigenvalue weighted by molar-refractivity contribution is 7.21. The van der Waals surface area contributed by atoms with Gasteiger partial charge in [0.25, 0.3) is 0 Å². The minimum atomic E-state index is 0.689. The molecular weight excluding hydrogens is 758 g/mol. The molecule has 0 fully saturated rings. The molecule has 0 saturated carbocycles. The van der Waals surface area contributed by atoms with E-state index < -0.39 is 0 Å². The largest absolute Gasteiger partial charge is 0.490 e. The van der Waals surface area contributed by atoms with Crippen molar-refractivity contribution in [2.75, 3.05) is 18.1 Å². The second kappa shape index (κ2) is 24.6. The molecule has 2 aromatic carbocycles. The van der Waals surface area contributed by atoms with Gasteiger partial charge in [-0.3, -0.25) is 0 Å². The summed E-state index contributed by atoms with van der Waals surface area (Å²) in [6.45, 7) is 8.20. The highest BCUT2D eigenvalue weighted by atomic mass is 35.5. The summed E-state index contributed by atoms with van der Waals surface area (Å²) >= 11 is 17.0. The molecule has 0 radical (unpaired) electrons. The maximum Gasteiger partial charge on any atom is 0.161 e. The van der Waals surface area contributed by atoms with Gasteiger partial charge in [0.2, 0.25) is 0 Å². The van der Waals surface area contributed by atoms with Gasteiger partial charge in [-0.15, -0.1) is 22.7 Å². The third kappa shape index (κ3) is 13.4. The van der Waals surface area contributed by atoms with Crippen LogP contribution in [0.2, 0.25) is 8.67 Å². The van der Waals surface area contributed by atoms with Gasteiger partial charge in [-0.05, 0) is 67.6 Å². The number of halogens is 2. The molecule has 0 aliphatic carbocycles. The van der Waals surface area contributed by atoms with E-state index in [9.17, 15) is 0 Å². The van der Waals surface area contributed by atoms with Crippen molar-refractivity contribution in [2.45, 2.75) is 168 Å². The van der Waals surface area contributed by atoms with Crippen molar-refractivity contribution in [3.63, 3.8) is 0 Å². The summed E-state index contributed by atoms with van der Waals surface area (Å²) in [6, 6.07) is 17.7. The van der Waals surface area contributed by atoms with Crippen LogP contribution in [0.3, 0.4) is 0 Å². The van der Waals surface area contributed by atoms with Crippen LogP contribution in [0.25, 0.3) is 20.9 Å². The number of rotatable bonds is 28. The lowest BCUT2D eigenvalue weighted by Crippen LogP contribution is -2.09. The third-order valence-electron chi connectivity index (χ3n) is 10.9. The average molecular weight is 825 g/mol. The van der Waals surface area contributed by atoms with E-state index in [1.54, 1.807) is 22.7 Å². The molecule has 302 valence electrons. The summed E-state index contributed by atoms with van der Waals surface area (Å²) < 4.78 is 14.8. The fourth-order valence-electron chi connectivity index (χ4n) is 7.73. The van der Waals surface area contributed by atoms with Crippen LogP contribution in [0.15, 0.2) is 48.5 Å². The van der Waals surface area contributed by atoms with Crippen molar-refractivity contribution in [3.8, 4) is 32.4 Å². The first-order chi connectivity index (χ1) is 27.0. The lowest BCUT2D eigenvalue weighted by Gasteiger charge is -2.24. The molecule has 0 unspecified atom stereocenters. The predicted octanol–water partition coefficient (Wildman–Crippen LogP) is 18.2. The van der Waals surface area contributed by atoms with E-state index >= 15 is 0 Å². The Morgan fingerprint density at radius 2 is 0.855 bits per heavy atom. The zero-order valence-corrected chi connectivity index (χ0v) is 37.3. The van der Waals surface area contributed by atoms with Crippen molar-refractivity contribution in [1.82, 2.24) is 0 Å². The zero-order chi connectivity index (χ0) is 38.7. The molecule has 1 aliphatic rings. The summed E-state index contributed by atoms with van der Waals surface area (Å²) in [5.74, 6) is 1.66. The molecule has 3 heterocycles. The maximum absolute atomic E-state index is 6.87. The Morgan fingerprint density at radius 1 is 0.473 bits per heavy atom. The quantitative estimate of drug-likeness (QED) is 0.0469. The molecule has 0 saturated heterocycles. The van der Waals surface area contributed by atoms with Crippen LogP contribution in [0, 0.1) is 0 Å². The van der Waals surface area contributed by atoms with Gasteiger partial charge in [0.15, 0.2) is 11.5 Å². The van der Waals surface area contributed by atoms with E-state index in [-0.39, 0.29) is 0 Å². The van der Waals surface area contributed by atoms with Gasteiger partial charge in [-0.25, -0.2) is 0 Å². The fraction of sp³-hybridized carbons (Fsp3) is 0.583. The number of hydrogen-bond donors (Lipinski definition) is 0. The number of thiophene rings is 2. The summed E-state index contributed by atoms with van der Waals surface area (Å²) in [6.07, 6.45) is 29.5.